The number of rotatable bonds is 4. The number of anilines is 1. The molecule has 0 radical (unpaired) electrons. The Labute approximate surface area is 154 Å². The maximum Gasteiger partial charge on any atom is 0.225 e. The SMILES string of the molecule is Cc1cc(C)nc(N2CCN(C[C@@H](O)c3ccc4c(c3)CCO4)CC2)n1. The van der Waals surface area contributed by atoms with Gasteiger partial charge in [0.2, 0.25) is 5.95 Å². The summed E-state index contributed by atoms with van der Waals surface area (Å²) in [7, 11) is 0. The number of hydrogen-bond acceptors (Lipinski definition) is 6. The van der Waals surface area contributed by atoms with Crippen molar-refractivity contribution in [3.63, 3.8) is 0 Å². The van der Waals surface area contributed by atoms with Crippen molar-refractivity contribution in [3.8, 4) is 5.75 Å². The van der Waals surface area contributed by atoms with E-state index in [9.17, 15) is 5.11 Å². The molecule has 6 nitrogen and oxygen atoms in total. The van der Waals surface area contributed by atoms with E-state index in [0.717, 1.165) is 67.9 Å². The first-order valence-corrected chi connectivity index (χ1v) is 9.32. The van der Waals surface area contributed by atoms with E-state index in [1.54, 1.807) is 0 Å². The predicted octanol–water partition coefficient (Wildman–Crippen LogP) is 1.88. The van der Waals surface area contributed by atoms with Gasteiger partial charge >= 0.3 is 0 Å². The number of aromatic nitrogens is 2. The van der Waals surface area contributed by atoms with E-state index in [0.29, 0.717) is 6.54 Å². The zero-order valence-corrected chi connectivity index (χ0v) is 15.5. The summed E-state index contributed by atoms with van der Waals surface area (Å²) >= 11 is 0. The minimum absolute atomic E-state index is 0.468. The Morgan fingerprint density at radius 1 is 1.08 bits per heavy atom. The lowest BCUT2D eigenvalue weighted by Gasteiger charge is -2.35. The highest BCUT2D eigenvalue weighted by atomic mass is 16.5. The van der Waals surface area contributed by atoms with E-state index in [4.69, 9.17) is 4.74 Å². The number of fused-ring (bicyclic) bond motifs is 1. The Morgan fingerprint density at radius 3 is 2.54 bits per heavy atom. The third-order valence-electron chi connectivity index (χ3n) is 5.16. The van der Waals surface area contributed by atoms with Gasteiger partial charge in [-0.1, -0.05) is 6.07 Å². The van der Waals surface area contributed by atoms with Crippen molar-refractivity contribution in [2.24, 2.45) is 0 Å². The van der Waals surface area contributed by atoms with Crippen molar-refractivity contribution in [1.29, 1.82) is 0 Å². The number of ether oxygens (including phenoxy) is 1. The normalized spacial score (nSPS) is 18.5. The highest BCUT2D eigenvalue weighted by molar-refractivity contribution is 5.40. The van der Waals surface area contributed by atoms with E-state index in [-0.39, 0.29) is 0 Å². The molecule has 1 aromatic carbocycles. The zero-order chi connectivity index (χ0) is 18.1. The summed E-state index contributed by atoms with van der Waals surface area (Å²) < 4.78 is 5.54. The molecule has 4 rings (SSSR count). The molecule has 1 fully saturated rings. The molecule has 2 aliphatic rings. The monoisotopic (exact) mass is 354 g/mol. The van der Waals surface area contributed by atoms with Crippen molar-refractivity contribution < 1.29 is 9.84 Å². The van der Waals surface area contributed by atoms with Crippen molar-refractivity contribution in [2.75, 3.05) is 44.2 Å². The second-order valence-corrected chi connectivity index (χ2v) is 7.22. The van der Waals surface area contributed by atoms with Gasteiger partial charge in [-0.3, -0.25) is 4.90 Å². The molecule has 1 atom stereocenters. The third kappa shape index (κ3) is 3.66. The first-order valence-electron chi connectivity index (χ1n) is 9.32. The van der Waals surface area contributed by atoms with Crippen LogP contribution >= 0.6 is 0 Å². The Hall–Kier alpha value is -2.18. The van der Waals surface area contributed by atoms with Crippen LogP contribution in [0.5, 0.6) is 5.75 Å². The van der Waals surface area contributed by atoms with Gasteiger partial charge in [-0.2, -0.15) is 0 Å². The number of hydrogen-bond donors (Lipinski definition) is 1. The van der Waals surface area contributed by atoms with Crippen LogP contribution in [0.1, 0.15) is 28.6 Å². The summed E-state index contributed by atoms with van der Waals surface area (Å²) in [4.78, 5) is 13.7. The average molecular weight is 354 g/mol. The van der Waals surface area contributed by atoms with E-state index in [1.165, 1.54) is 5.56 Å². The molecular formula is C20H26N4O2. The number of piperazine rings is 1. The topological polar surface area (TPSA) is 61.7 Å². The number of aliphatic hydroxyl groups is 1. The van der Waals surface area contributed by atoms with Gasteiger partial charge in [0.25, 0.3) is 0 Å². The second kappa shape index (κ2) is 7.21. The number of nitrogens with zero attached hydrogens (tertiary/aromatic N) is 4. The molecule has 26 heavy (non-hydrogen) atoms. The van der Waals surface area contributed by atoms with Crippen LogP contribution in [0.4, 0.5) is 5.95 Å². The fourth-order valence-electron chi connectivity index (χ4n) is 3.74. The van der Waals surface area contributed by atoms with E-state index >= 15 is 0 Å². The molecule has 3 heterocycles. The number of aliphatic hydroxyl groups excluding tert-OH is 1. The molecule has 1 saturated heterocycles. The first kappa shape index (κ1) is 17.2. The lowest BCUT2D eigenvalue weighted by Crippen LogP contribution is -2.48. The predicted molar refractivity (Wildman–Crippen MR) is 101 cm³/mol. The highest BCUT2D eigenvalue weighted by Gasteiger charge is 2.22. The summed E-state index contributed by atoms with van der Waals surface area (Å²) in [5, 5.41) is 10.6. The van der Waals surface area contributed by atoms with Gasteiger partial charge in [0.1, 0.15) is 5.75 Å². The quantitative estimate of drug-likeness (QED) is 0.905. The van der Waals surface area contributed by atoms with Gasteiger partial charge in [0.15, 0.2) is 0 Å². The summed E-state index contributed by atoms with van der Waals surface area (Å²) in [5.74, 6) is 1.78. The van der Waals surface area contributed by atoms with Crippen LogP contribution in [-0.4, -0.2) is 59.3 Å². The molecule has 6 heteroatoms. The van der Waals surface area contributed by atoms with Crippen molar-refractivity contribution in [3.05, 3.63) is 46.8 Å². The van der Waals surface area contributed by atoms with Gasteiger partial charge in [-0.05, 0) is 43.2 Å². The second-order valence-electron chi connectivity index (χ2n) is 7.22. The summed E-state index contributed by atoms with van der Waals surface area (Å²) in [5.41, 5.74) is 4.20. The van der Waals surface area contributed by atoms with Crippen molar-refractivity contribution >= 4 is 5.95 Å². The van der Waals surface area contributed by atoms with Crippen molar-refractivity contribution in [1.82, 2.24) is 14.9 Å². The van der Waals surface area contributed by atoms with Crippen LogP contribution in [0.3, 0.4) is 0 Å². The van der Waals surface area contributed by atoms with E-state index in [2.05, 4.69) is 25.8 Å². The Kier molecular flexibility index (Phi) is 4.78. The summed E-state index contributed by atoms with van der Waals surface area (Å²) in [6.07, 6.45) is 0.467. The fourth-order valence-corrected chi connectivity index (χ4v) is 3.74. The molecule has 0 aliphatic carbocycles. The molecule has 2 aromatic rings. The van der Waals surface area contributed by atoms with E-state index < -0.39 is 6.10 Å². The zero-order valence-electron chi connectivity index (χ0n) is 15.5. The minimum atomic E-state index is -0.468. The van der Waals surface area contributed by atoms with Gasteiger partial charge < -0.3 is 14.7 Å². The number of benzene rings is 1. The first-order chi connectivity index (χ1) is 12.6. The highest BCUT2D eigenvalue weighted by Crippen LogP contribution is 2.28. The molecule has 1 N–H and O–H groups in total. The average Bonchev–Trinajstić information content (AvgIpc) is 3.09. The lowest BCUT2D eigenvalue weighted by atomic mass is 10.0. The van der Waals surface area contributed by atoms with Crippen LogP contribution < -0.4 is 9.64 Å². The van der Waals surface area contributed by atoms with Gasteiger partial charge in [-0.15, -0.1) is 0 Å². The maximum atomic E-state index is 10.6. The summed E-state index contributed by atoms with van der Waals surface area (Å²) in [6, 6.07) is 8.05. The Morgan fingerprint density at radius 2 is 1.81 bits per heavy atom. The van der Waals surface area contributed by atoms with Crippen LogP contribution in [0.25, 0.3) is 0 Å². The lowest BCUT2D eigenvalue weighted by molar-refractivity contribution is 0.109. The number of β-amino-alcohol motifs (C(OH)–C–C–N with tert-alkyl or cyclic N) is 1. The molecule has 0 spiro atoms. The van der Waals surface area contributed by atoms with Gasteiger partial charge in [0, 0.05) is 50.5 Å². The largest absolute Gasteiger partial charge is 0.493 e. The molecule has 0 unspecified atom stereocenters. The number of aryl methyl sites for hydroxylation is 2. The maximum absolute atomic E-state index is 10.6. The smallest absolute Gasteiger partial charge is 0.225 e. The molecule has 2 aliphatic heterocycles. The van der Waals surface area contributed by atoms with Gasteiger partial charge in [0.05, 0.1) is 12.7 Å². The van der Waals surface area contributed by atoms with Crippen LogP contribution in [0.15, 0.2) is 24.3 Å². The standard InChI is InChI=1S/C20H26N4O2/c1-14-11-15(2)22-20(21-14)24-8-6-23(7-9-24)13-18(25)16-3-4-19-17(12-16)5-10-26-19/h3-4,11-12,18,25H,5-10,13H2,1-2H3/t18-/m1/s1. The Balaban J connectivity index is 1.35. The molecule has 1 aromatic heterocycles. The molecule has 0 amide bonds. The third-order valence-corrected chi connectivity index (χ3v) is 5.16. The van der Waals surface area contributed by atoms with Gasteiger partial charge in [-0.25, -0.2) is 9.97 Å². The van der Waals surface area contributed by atoms with Crippen molar-refractivity contribution in [2.45, 2.75) is 26.4 Å². The Bertz CT molecular complexity index is 767. The van der Waals surface area contributed by atoms with Crippen LogP contribution in [0.2, 0.25) is 0 Å². The molecular weight excluding hydrogens is 328 g/mol. The molecule has 138 valence electrons. The summed E-state index contributed by atoms with van der Waals surface area (Å²) in [6.45, 7) is 8.99. The molecule has 0 bridgehead atoms. The van der Waals surface area contributed by atoms with E-state index in [1.807, 2.05) is 32.0 Å². The molecule has 0 saturated carbocycles. The minimum Gasteiger partial charge on any atom is -0.493 e. The van der Waals surface area contributed by atoms with Crippen LogP contribution in [-0.2, 0) is 6.42 Å². The van der Waals surface area contributed by atoms with Crippen LogP contribution in [0, 0.1) is 13.8 Å². The fraction of sp³-hybridized carbons (Fsp3) is 0.500.